The maximum absolute atomic E-state index is 11.9. The first-order chi connectivity index (χ1) is 7.91. The molecule has 92 valence electrons. The number of rotatable bonds is 4. The smallest absolute Gasteiger partial charge is 0.251 e. The summed E-state index contributed by atoms with van der Waals surface area (Å²) >= 11 is 5.45. The Labute approximate surface area is 106 Å². The monoisotopic (exact) mass is 253 g/mol. The zero-order valence-electron chi connectivity index (χ0n) is 10.2. The molecule has 0 saturated heterocycles. The van der Waals surface area contributed by atoms with E-state index in [1.165, 1.54) is 0 Å². The number of amides is 1. The molecular formula is C13H16ClNO2. The molecule has 3 nitrogen and oxygen atoms in total. The highest BCUT2D eigenvalue weighted by atomic mass is 35.5. The third-order valence-corrected chi connectivity index (χ3v) is 2.71. The van der Waals surface area contributed by atoms with Gasteiger partial charge >= 0.3 is 0 Å². The van der Waals surface area contributed by atoms with Crippen molar-refractivity contribution in [2.24, 2.45) is 5.92 Å². The zero-order chi connectivity index (χ0) is 13.0. The molecule has 0 saturated carbocycles. The Bertz CT molecular complexity index is 429. The number of carbonyl (C=O) groups is 2. The summed E-state index contributed by atoms with van der Waals surface area (Å²) in [5, 5.41) is 2.10. The van der Waals surface area contributed by atoms with Crippen LogP contribution in [0.4, 0.5) is 0 Å². The van der Waals surface area contributed by atoms with Crippen molar-refractivity contribution < 1.29 is 9.59 Å². The normalized spacial score (nSPS) is 12.3. The predicted molar refractivity (Wildman–Crippen MR) is 68.1 cm³/mol. The van der Waals surface area contributed by atoms with E-state index in [4.69, 9.17) is 11.6 Å². The van der Waals surface area contributed by atoms with Crippen LogP contribution in [0.1, 0.15) is 29.8 Å². The van der Waals surface area contributed by atoms with E-state index in [2.05, 4.69) is 5.32 Å². The summed E-state index contributed by atoms with van der Waals surface area (Å²) in [4.78, 5) is 23.1. The van der Waals surface area contributed by atoms with Gasteiger partial charge < -0.3 is 5.32 Å². The summed E-state index contributed by atoms with van der Waals surface area (Å²) in [6.07, 6.45) is 0. The molecule has 1 aromatic rings. The minimum atomic E-state index is -0.648. The lowest BCUT2D eigenvalue weighted by Crippen LogP contribution is -2.42. The van der Waals surface area contributed by atoms with E-state index in [1.807, 2.05) is 26.8 Å². The van der Waals surface area contributed by atoms with Crippen molar-refractivity contribution in [3.8, 4) is 0 Å². The predicted octanol–water partition coefficient (Wildman–Crippen LogP) is 2.51. The zero-order valence-corrected chi connectivity index (χ0v) is 10.9. The fourth-order valence-corrected chi connectivity index (χ4v) is 1.80. The van der Waals surface area contributed by atoms with Crippen LogP contribution in [0.2, 0.25) is 0 Å². The summed E-state index contributed by atoms with van der Waals surface area (Å²) in [7, 11) is 0. The van der Waals surface area contributed by atoms with E-state index in [1.54, 1.807) is 18.2 Å². The van der Waals surface area contributed by atoms with Gasteiger partial charge in [-0.05, 0) is 36.6 Å². The number of hydrogen-bond donors (Lipinski definition) is 1. The van der Waals surface area contributed by atoms with Gasteiger partial charge in [0.25, 0.3) is 5.91 Å². The molecule has 0 radical (unpaired) electrons. The summed E-state index contributed by atoms with van der Waals surface area (Å²) < 4.78 is 0. The molecule has 0 spiro atoms. The molecule has 0 aromatic heterocycles. The van der Waals surface area contributed by atoms with E-state index in [0.717, 1.165) is 5.56 Å². The molecular weight excluding hydrogens is 238 g/mol. The first-order valence-corrected chi connectivity index (χ1v) is 5.86. The molecule has 1 atom stereocenters. The van der Waals surface area contributed by atoms with E-state index < -0.39 is 11.3 Å². The molecule has 0 aliphatic carbocycles. The number of nitrogens with one attached hydrogen (secondary N) is 1. The van der Waals surface area contributed by atoms with Crippen molar-refractivity contribution in [1.29, 1.82) is 0 Å². The van der Waals surface area contributed by atoms with Gasteiger partial charge in [0, 0.05) is 5.56 Å². The van der Waals surface area contributed by atoms with E-state index in [0.29, 0.717) is 5.56 Å². The SMILES string of the molecule is Cc1cccc(C(=O)NC(C(=O)Cl)C(C)C)c1. The fourth-order valence-electron chi connectivity index (χ4n) is 1.50. The minimum Gasteiger partial charge on any atom is -0.341 e. The quantitative estimate of drug-likeness (QED) is 0.838. The Balaban J connectivity index is 2.81. The highest BCUT2D eigenvalue weighted by Crippen LogP contribution is 2.09. The van der Waals surface area contributed by atoms with Crippen LogP contribution in [0.15, 0.2) is 24.3 Å². The number of hydrogen-bond acceptors (Lipinski definition) is 2. The van der Waals surface area contributed by atoms with Gasteiger partial charge in [-0.25, -0.2) is 0 Å². The molecule has 0 aliphatic rings. The van der Waals surface area contributed by atoms with Gasteiger partial charge in [0.05, 0.1) is 0 Å². The summed E-state index contributed by atoms with van der Waals surface area (Å²) in [5.74, 6) is -0.310. The average Bonchev–Trinajstić information content (AvgIpc) is 2.24. The third kappa shape index (κ3) is 3.86. The Morgan fingerprint density at radius 3 is 2.41 bits per heavy atom. The second kappa shape index (κ2) is 5.82. The Hall–Kier alpha value is -1.35. The van der Waals surface area contributed by atoms with Gasteiger partial charge in [-0.15, -0.1) is 0 Å². The third-order valence-electron chi connectivity index (χ3n) is 2.48. The maximum Gasteiger partial charge on any atom is 0.251 e. The highest BCUT2D eigenvalue weighted by molar-refractivity contribution is 6.64. The van der Waals surface area contributed by atoms with Gasteiger partial charge in [0.2, 0.25) is 5.24 Å². The Morgan fingerprint density at radius 1 is 1.29 bits per heavy atom. The van der Waals surface area contributed by atoms with Crippen molar-refractivity contribution in [2.45, 2.75) is 26.8 Å². The van der Waals surface area contributed by atoms with Crippen LogP contribution in [-0.2, 0) is 4.79 Å². The molecule has 1 unspecified atom stereocenters. The molecule has 1 rings (SSSR count). The molecule has 1 amide bonds. The van der Waals surface area contributed by atoms with Gasteiger partial charge in [0.1, 0.15) is 6.04 Å². The van der Waals surface area contributed by atoms with Crippen molar-refractivity contribution in [3.05, 3.63) is 35.4 Å². The van der Waals surface area contributed by atoms with Gasteiger partial charge in [-0.2, -0.15) is 0 Å². The van der Waals surface area contributed by atoms with Crippen molar-refractivity contribution >= 4 is 22.8 Å². The summed E-state index contributed by atoms with van der Waals surface area (Å²) in [6.45, 7) is 5.58. The van der Waals surface area contributed by atoms with Gasteiger partial charge in [0.15, 0.2) is 0 Å². The topological polar surface area (TPSA) is 46.2 Å². The van der Waals surface area contributed by atoms with Crippen molar-refractivity contribution in [1.82, 2.24) is 5.32 Å². The molecule has 0 heterocycles. The van der Waals surface area contributed by atoms with Gasteiger partial charge in [-0.3, -0.25) is 9.59 Å². The van der Waals surface area contributed by atoms with Crippen LogP contribution in [-0.4, -0.2) is 17.2 Å². The molecule has 1 aromatic carbocycles. The second-order valence-electron chi connectivity index (χ2n) is 4.37. The minimum absolute atomic E-state index is 0.0336. The van der Waals surface area contributed by atoms with Crippen molar-refractivity contribution in [3.63, 3.8) is 0 Å². The van der Waals surface area contributed by atoms with Crippen LogP contribution < -0.4 is 5.32 Å². The van der Waals surface area contributed by atoms with Crippen LogP contribution in [0.3, 0.4) is 0 Å². The van der Waals surface area contributed by atoms with E-state index in [9.17, 15) is 9.59 Å². The fraction of sp³-hybridized carbons (Fsp3) is 0.385. The number of aryl methyl sites for hydroxylation is 1. The molecule has 1 N–H and O–H groups in total. The summed E-state index contributed by atoms with van der Waals surface area (Å²) in [5.41, 5.74) is 1.53. The van der Waals surface area contributed by atoms with Gasteiger partial charge in [-0.1, -0.05) is 31.5 Å². The Kier molecular flexibility index (Phi) is 4.70. The standard InChI is InChI=1S/C13H16ClNO2/c1-8(2)11(12(14)16)15-13(17)10-6-4-5-9(3)7-10/h4-8,11H,1-3H3,(H,15,17). The molecule has 0 aliphatic heterocycles. The molecule has 0 fully saturated rings. The lowest BCUT2D eigenvalue weighted by atomic mass is 10.0. The number of halogens is 1. The number of benzene rings is 1. The average molecular weight is 254 g/mol. The molecule has 4 heteroatoms. The first kappa shape index (κ1) is 13.7. The Morgan fingerprint density at radius 2 is 1.94 bits per heavy atom. The first-order valence-electron chi connectivity index (χ1n) is 5.48. The van der Waals surface area contributed by atoms with Crippen LogP contribution in [0.5, 0.6) is 0 Å². The highest BCUT2D eigenvalue weighted by Gasteiger charge is 2.22. The molecule has 17 heavy (non-hydrogen) atoms. The van der Waals surface area contributed by atoms with Crippen LogP contribution in [0, 0.1) is 12.8 Å². The maximum atomic E-state index is 11.9. The van der Waals surface area contributed by atoms with E-state index in [-0.39, 0.29) is 11.8 Å². The number of carbonyl (C=O) groups excluding carboxylic acids is 2. The molecule has 0 bridgehead atoms. The van der Waals surface area contributed by atoms with Crippen molar-refractivity contribution in [2.75, 3.05) is 0 Å². The van der Waals surface area contributed by atoms with Crippen LogP contribution >= 0.6 is 11.6 Å². The lowest BCUT2D eigenvalue weighted by Gasteiger charge is -2.18. The second-order valence-corrected chi connectivity index (χ2v) is 4.74. The van der Waals surface area contributed by atoms with E-state index >= 15 is 0 Å². The lowest BCUT2D eigenvalue weighted by molar-refractivity contribution is -0.114. The largest absolute Gasteiger partial charge is 0.341 e. The summed E-state index contributed by atoms with van der Waals surface area (Å²) in [6, 6.07) is 6.54. The van der Waals surface area contributed by atoms with Crippen LogP contribution in [0.25, 0.3) is 0 Å².